The van der Waals surface area contributed by atoms with Gasteiger partial charge in [-0.15, -0.1) is 11.3 Å². The number of thiophene rings is 1. The van der Waals surface area contributed by atoms with E-state index >= 15 is 0 Å². The molecule has 2 aromatic rings. The van der Waals surface area contributed by atoms with Crippen LogP contribution < -0.4 is 4.90 Å². The van der Waals surface area contributed by atoms with Crippen molar-refractivity contribution in [3.8, 4) is 11.4 Å². The van der Waals surface area contributed by atoms with E-state index in [1.165, 1.54) is 0 Å². The second-order valence-electron chi connectivity index (χ2n) is 4.07. The number of morpholine rings is 1. The molecule has 0 aliphatic carbocycles. The van der Waals surface area contributed by atoms with Crippen molar-refractivity contribution in [1.29, 1.82) is 0 Å². The number of ether oxygens (including phenoxy) is 1. The van der Waals surface area contributed by atoms with E-state index in [1.54, 1.807) is 11.3 Å². The molecule has 4 nitrogen and oxygen atoms in total. The molecule has 7 heteroatoms. The fraction of sp³-hybridized carbons (Fsp3) is 0.333. The van der Waals surface area contributed by atoms with Crippen LogP contribution in [0.1, 0.15) is 0 Å². The van der Waals surface area contributed by atoms with E-state index in [1.807, 2.05) is 17.6 Å². The van der Waals surface area contributed by atoms with E-state index < -0.39 is 0 Å². The Hall–Kier alpha value is -0.500. The molecule has 3 heterocycles. The average molecular weight is 405 g/mol. The van der Waals surface area contributed by atoms with Crippen molar-refractivity contribution in [2.75, 3.05) is 31.2 Å². The van der Waals surface area contributed by atoms with Crippen LogP contribution in [0.5, 0.6) is 0 Å². The molecule has 1 aliphatic heterocycles. The van der Waals surface area contributed by atoms with E-state index in [9.17, 15) is 0 Å². The molecule has 1 fully saturated rings. The lowest BCUT2D eigenvalue weighted by molar-refractivity contribution is 0.122. The maximum Gasteiger partial charge on any atom is 0.163 e. The summed E-state index contributed by atoms with van der Waals surface area (Å²) < 4.78 is 7.43. The smallest absolute Gasteiger partial charge is 0.163 e. The Kier molecular flexibility index (Phi) is 4.16. The number of nitrogens with zero attached hydrogens (tertiary/aromatic N) is 3. The Morgan fingerprint density at radius 3 is 2.74 bits per heavy atom. The summed E-state index contributed by atoms with van der Waals surface area (Å²) in [4.78, 5) is 11.2. The van der Waals surface area contributed by atoms with Crippen molar-refractivity contribution in [3.05, 3.63) is 25.9 Å². The fourth-order valence-electron chi connectivity index (χ4n) is 1.92. The summed E-state index contributed by atoms with van der Waals surface area (Å²) in [6, 6.07) is 1.95. The van der Waals surface area contributed by atoms with Crippen LogP contribution in [0.2, 0.25) is 0 Å². The molecule has 2 aromatic heterocycles. The molecule has 0 amide bonds. The minimum Gasteiger partial charge on any atom is -0.378 e. The van der Waals surface area contributed by atoms with Crippen molar-refractivity contribution in [2.45, 2.75) is 0 Å². The lowest BCUT2D eigenvalue weighted by Gasteiger charge is -2.27. The average Bonchev–Trinajstić information content (AvgIpc) is 2.80. The first-order valence-electron chi connectivity index (χ1n) is 5.84. The molecule has 0 atom stereocenters. The predicted molar refractivity (Wildman–Crippen MR) is 83.8 cm³/mol. The van der Waals surface area contributed by atoms with Crippen molar-refractivity contribution < 1.29 is 4.74 Å². The van der Waals surface area contributed by atoms with Gasteiger partial charge in [-0.1, -0.05) is 0 Å². The van der Waals surface area contributed by atoms with Crippen LogP contribution >= 0.6 is 43.2 Å². The predicted octanol–water partition coefficient (Wildman–Crippen LogP) is 3.57. The maximum absolute atomic E-state index is 5.36. The normalized spacial score (nSPS) is 15.8. The first-order valence-corrected chi connectivity index (χ1v) is 8.31. The number of hydrogen-bond acceptors (Lipinski definition) is 5. The topological polar surface area (TPSA) is 38.2 Å². The van der Waals surface area contributed by atoms with Gasteiger partial charge in [0.15, 0.2) is 5.82 Å². The number of rotatable bonds is 2. The molecule has 19 heavy (non-hydrogen) atoms. The van der Waals surface area contributed by atoms with Gasteiger partial charge in [0, 0.05) is 30.2 Å². The first kappa shape index (κ1) is 13.5. The number of hydrogen-bond donors (Lipinski definition) is 0. The van der Waals surface area contributed by atoms with E-state index in [0.29, 0.717) is 0 Å². The Morgan fingerprint density at radius 2 is 2.05 bits per heavy atom. The van der Waals surface area contributed by atoms with Crippen LogP contribution in [-0.2, 0) is 4.74 Å². The van der Waals surface area contributed by atoms with Crippen LogP contribution in [0.15, 0.2) is 25.9 Å². The molecule has 1 aliphatic rings. The molecular formula is C12H11Br2N3OS. The van der Waals surface area contributed by atoms with Crippen LogP contribution in [0.3, 0.4) is 0 Å². The van der Waals surface area contributed by atoms with Gasteiger partial charge in [-0.05, 0) is 37.9 Å². The highest BCUT2D eigenvalue weighted by Gasteiger charge is 2.16. The number of halogens is 2. The molecule has 100 valence electrons. The number of aromatic nitrogens is 2. The highest BCUT2D eigenvalue weighted by Crippen LogP contribution is 2.38. The monoisotopic (exact) mass is 403 g/mol. The third-order valence-corrected chi connectivity index (χ3v) is 6.25. The zero-order valence-corrected chi connectivity index (χ0v) is 14.0. The summed E-state index contributed by atoms with van der Waals surface area (Å²) in [5, 5.41) is 2.05. The lowest BCUT2D eigenvalue weighted by Crippen LogP contribution is -2.36. The Labute approximate surface area is 132 Å². The summed E-state index contributed by atoms with van der Waals surface area (Å²) in [7, 11) is 0. The van der Waals surface area contributed by atoms with Gasteiger partial charge in [0.05, 0.1) is 21.5 Å². The number of anilines is 1. The van der Waals surface area contributed by atoms with Gasteiger partial charge >= 0.3 is 0 Å². The van der Waals surface area contributed by atoms with Crippen molar-refractivity contribution in [1.82, 2.24) is 9.97 Å². The van der Waals surface area contributed by atoms with Crippen LogP contribution in [0.4, 0.5) is 5.82 Å². The molecule has 0 N–H and O–H groups in total. The van der Waals surface area contributed by atoms with E-state index in [4.69, 9.17) is 4.74 Å². The summed E-state index contributed by atoms with van der Waals surface area (Å²) in [5.74, 6) is 1.71. The van der Waals surface area contributed by atoms with Gasteiger partial charge < -0.3 is 9.64 Å². The highest BCUT2D eigenvalue weighted by molar-refractivity contribution is 9.13. The molecular weight excluding hydrogens is 394 g/mol. The van der Waals surface area contributed by atoms with E-state index in [-0.39, 0.29) is 0 Å². The third kappa shape index (κ3) is 2.84. The first-order chi connectivity index (χ1) is 9.25. The van der Waals surface area contributed by atoms with Crippen LogP contribution in [0, 0.1) is 0 Å². The fourth-order valence-corrected chi connectivity index (χ4v) is 3.79. The minimum absolute atomic E-state index is 0.748. The van der Waals surface area contributed by atoms with Gasteiger partial charge in [0.25, 0.3) is 0 Å². The van der Waals surface area contributed by atoms with Crippen LogP contribution in [0.25, 0.3) is 11.4 Å². The molecule has 0 saturated carbocycles. The van der Waals surface area contributed by atoms with Gasteiger partial charge in [-0.25, -0.2) is 9.97 Å². The Balaban J connectivity index is 1.93. The van der Waals surface area contributed by atoms with E-state index in [0.717, 1.165) is 51.8 Å². The quantitative estimate of drug-likeness (QED) is 0.766. The molecule has 0 aromatic carbocycles. The SMILES string of the molecule is Brc1scc(-c2nccc(N3CCOCC3)n2)c1Br. The maximum atomic E-state index is 5.36. The second kappa shape index (κ2) is 5.87. The van der Waals surface area contributed by atoms with Crippen LogP contribution in [-0.4, -0.2) is 36.3 Å². The largest absolute Gasteiger partial charge is 0.378 e. The molecule has 3 rings (SSSR count). The zero-order chi connectivity index (χ0) is 13.2. The van der Waals surface area contributed by atoms with E-state index in [2.05, 4.69) is 46.7 Å². The third-order valence-electron chi connectivity index (χ3n) is 2.91. The van der Waals surface area contributed by atoms with Gasteiger partial charge in [-0.2, -0.15) is 0 Å². The Morgan fingerprint density at radius 1 is 1.26 bits per heavy atom. The van der Waals surface area contributed by atoms with Crippen molar-refractivity contribution >= 4 is 49.0 Å². The molecule has 0 unspecified atom stereocenters. The zero-order valence-electron chi connectivity index (χ0n) is 9.97. The highest BCUT2D eigenvalue weighted by atomic mass is 79.9. The second-order valence-corrected chi connectivity index (χ2v) is 7.07. The summed E-state index contributed by atoms with van der Waals surface area (Å²) in [5.41, 5.74) is 1.02. The standard InChI is InChI=1S/C12H11Br2N3OS/c13-10-8(7-19-11(10)14)12-15-2-1-9(16-12)17-3-5-18-6-4-17/h1-2,7H,3-6H2. The Bertz CT molecular complexity index is 584. The summed E-state index contributed by atoms with van der Waals surface area (Å²) in [6.07, 6.45) is 1.81. The summed E-state index contributed by atoms with van der Waals surface area (Å²) >= 11 is 8.68. The molecule has 0 radical (unpaired) electrons. The lowest BCUT2D eigenvalue weighted by atomic mass is 10.3. The van der Waals surface area contributed by atoms with Crippen molar-refractivity contribution in [3.63, 3.8) is 0 Å². The minimum atomic E-state index is 0.748. The van der Waals surface area contributed by atoms with Gasteiger partial charge in [0.2, 0.25) is 0 Å². The molecule has 1 saturated heterocycles. The van der Waals surface area contributed by atoms with Gasteiger partial charge in [0.1, 0.15) is 5.82 Å². The molecule has 0 spiro atoms. The molecule has 0 bridgehead atoms. The summed E-state index contributed by atoms with van der Waals surface area (Å²) in [6.45, 7) is 3.27. The van der Waals surface area contributed by atoms with Gasteiger partial charge in [-0.3, -0.25) is 0 Å². The van der Waals surface area contributed by atoms with Crippen molar-refractivity contribution in [2.24, 2.45) is 0 Å².